The number of hydrogen-bond acceptors (Lipinski definition) is 8. The van der Waals surface area contributed by atoms with Crippen molar-refractivity contribution in [2.75, 3.05) is 0 Å². The Balaban J connectivity index is 3.46. The third-order valence-corrected chi connectivity index (χ3v) is 0.974. The van der Waals surface area contributed by atoms with Gasteiger partial charge in [-0.3, -0.25) is 0 Å². The van der Waals surface area contributed by atoms with Crippen LogP contribution in [0.25, 0.3) is 0 Å². The van der Waals surface area contributed by atoms with Gasteiger partial charge in [0.15, 0.2) is 0 Å². The highest BCUT2D eigenvalue weighted by Gasteiger charge is 2.08. The maximum absolute atomic E-state index is 10.8. The Kier molecular flexibility index (Phi) is 6.97. The molecule has 8 heteroatoms. The Morgan fingerprint density at radius 1 is 0.812 bits per heavy atom. The summed E-state index contributed by atoms with van der Waals surface area (Å²) in [6.07, 6.45) is -2.52. The lowest BCUT2D eigenvalue weighted by Crippen LogP contribution is -2.37. The summed E-state index contributed by atoms with van der Waals surface area (Å²) in [5.41, 5.74) is 3.69. The molecule has 0 heterocycles. The van der Waals surface area contributed by atoms with Crippen molar-refractivity contribution in [3.05, 3.63) is 0 Å². The topological polar surface area (TPSA) is 95.1 Å². The molecule has 0 aliphatic heterocycles. The van der Waals surface area contributed by atoms with Crippen molar-refractivity contribution in [2.45, 2.75) is 39.9 Å². The van der Waals surface area contributed by atoms with Gasteiger partial charge in [0.25, 0.3) is 0 Å². The molecular weight excluding hydrogens is 220 g/mol. The standard InChI is InChI=1S/C8H16N2O6/c1-5(2)13-7(11)15-9-10-16-8(12)14-6(3)4/h5-6,9-10H,1-4H3. The first-order chi connectivity index (χ1) is 7.41. The molecule has 8 nitrogen and oxygen atoms in total. The molecule has 0 aromatic heterocycles. The number of hydrogen-bond donors (Lipinski definition) is 2. The second-order valence-corrected chi connectivity index (χ2v) is 3.24. The third-order valence-electron chi connectivity index (χ3n) is 0.974. The first kappa shape index (κ1) is 14.5. The Labute approximate surface area is 93.0 Å². The summed E-state index contributed by atoms with van der Waals surface area (Å²) in [6, 6.07) is 0. The van der Waals surface area contributed by atoms with E-state index < -0.39 is 12.3 Å². The van der Waals surface area contributed by atoms with E-state index in [0.717, 1.165) is 0 Å². The smallest absolute Gasteiger partial charge is 0.430 e. The van der Waals surface area contributed by atoms with E-state index in [4.69, 9.17) is 0 Å². The zero-order chi connectivity index (χ0) is 12.6. The van der Waals surface area contributed by atoms with Crippen molar-refractivity contribution in [3.63, 3.8) is 0 Å². The van der Waals surface area contributed by atoms with Crippen LogP contribution in [0.1, 0.15) is 27.7 Å². The van der Waals surface area contributed by atoms with E-state index in [1.54, 1.807) is 27.7 Å². The van der Waals surface area contributed by atoms with Gasteiger partial charge in [-0.25, -0.2) is 9.59 Å². The normalized spacial score (nSPS) is 10.1. The van der Waals surface area contributed by atoms with Crippen LogP contribution in [0.4, 0.5) is 9.59 Å². The number of rotatable bonds is 5. The van der Waals surface area contributed by atoms with E-state index >= 15 is 0 Å². The van der Waals surface area contributed by atoms with Gasteiger partial charge in [0.05, 0.1) is 12.2 Å². The maximum atomic E-state index is 10.8. The quantitative estimate of drug-likeness (QED) is 0.415. The molecule has 0 spiro atoms. The molecule has 0 fully saturated rings. The summed E-state index contributed by atoms with van der Waals surface area (Å²) in [7, 11) is 0. The SMILES string of the molecule is CC(C)OC(=O)ONNOC(=O)OC(C)C. The molecule has 0 rings (SSSR count). The summed E-state index contributed by atoms with van der Waals surface area (Å²) in [5.74, 6) is 0. The molecule has 0 saturated carbocycles. The molecule has 94 valence electrons. The fraction of sp³-hybridized carbons (Fsp3) is 0.750. The Morgan fingerprint density at radius 3 is 1.38 bits per heavy atom. The highest BCUT2D eigenvalue weighted by atomic mass is 16.9. The van der Waals surface area contributed by atoms with Crippen LogP contribution in [0.5, 0.6) is 0 Å². The van der Waals surface area contributed by atoms with Crippen molar-refractivity contribution < 1.29 is 28.7 Å². The zero-order valence-corrected chi connectivity index (χ0v) is 9.60. The van der Waals surface area contributed by atoms with Crippen molar-refractivity contribution in [1.29, 1.82) is 0 Å². The van der Waals surface area contributed by atoms with E-state index in [2.05, 4.69) is 19.1 Å². The number of ether oxygens (including phenoxy) is 2. The molecule has 0 unspecified atom stereocenters. The number of hydrazine groups is 1. The lowest BCUT2D eigenvalue weighted by molar-refractivity contribution is -0.0900. The Bertz CT molecular complexity index is 207. The summed E-state index contributed by atoms with van der Waals surface area (Å²) < 4.78 is 9.17. The van der Waals surface area contributed by atoms with Gasteiger partial charge in [-0.05, 0) is 38.9 Å². The van der Waals surface area contributed by atoms with Crippen LogP contribution >= 0.6 is 0 Å². The molecule has 0 aliphatic rings. The minimum Gasteiger partial charge on any atom is -0.430 e. The highest BCUT2D eigenvalue weighted by molar-refractivity contribution is 5.60. The third kappa shape index (κ3) is 9.03. The monoisotopic (exact) mass is 236 g/mol. The average molecular weight is 236 g/mol. The molecule has 0 aromatic rings. The molecule has 0 aromatic carbocycles. The Morgan fingerprint density at radius 2 is 1.12 bits per heavy atom. The summed E-state index contributed by atoms with van der Waals surface area (Å²) >= 11 is 0. The van der Waals surface area contributed by atoms with Crippen LogP contribution in [-0.2, 0) is 19.1 Å². The molecule has 2 N–H and O–H groups in total. The van der Waals surface area contributed by atoms with Crippen LogP contribution in [-0.4, -0.2) is 24.5 Å². The van der Waals surface area contributed by atoms with Gasteiger partial charge in [0, 0.05) is 0 Å². The van der Waals surface area contributed by atoms with Crippen molar-refractivity contribution in [2.24, 2.45) is 0 Å². The summed E-state index contributed by atoms with van der Waals surface area (Å²) in [5, 5.41) is 0. The number of nitrogens with one attached hydrogen (secondary N) is 2. The van der Waals surface area contributed by atoms with E-state index in [9.17, 15) is 9.59 Å². The molecule has 0 amide bonds. The lowest BCUT2D eigenvalue weighted by Gasteiger charge is -2.10. The van der Waals surface area contributed by atoms with E-state index in [-0.39, 0.29) is 12.2 Å². The Hall–Kier alpha value is -1.54. The van der Waals surface area contributed by atoms with Crippen LogP contribution in [0, 0.1) is 0 Å². The predicted molar refractivity (Wildman–Crippen MR) is 51.7 cm³/mol. The number of carbonyl (C=O) groups excluding carboxylic acids is 2. The van der Waals surface area contributed by atoms with Gasteiger partial charge >= 0.3 is 12.3 Å². The second-order valence-electron chi connectivity index (χ2n) is 3.24. The molecule has 16 heavy (non-hydrogen) atoms. The van der Waals surface area contributed by atoms with Gasteiger partial charge in [-0.15, -0.1) is 0 Å². The second kappa shape index (κ2) is 7.71. The maximum Gasteiger partial charge on any atom is 0.529 e. The highest BCUT2D eigenvalue weighted by Crippen LogP contribution is 1.91. The minimum absolute atomic E-state index is 0.305. The molecule has 0 bridgehead atoms. The van der Waals surface area contributed by atoms with E-state index in [0.29, 0.717) is 0 Å². The van der Waals surface area contributed by atoms with Crippen LogP contribution in [0.2, 0.25) is 0 Å². The van der Waals surface area contributed by atoms with E-state index in [1.807, 2.05) is 11.2 Å². The predicted octanol–water partition coefficient (Wildman–Crippen LogP) is 1.03. The van der Waals surface area contributed by atoms with Gasteiger partial charge in [0.1, 0.15) is 0 Å². The van der Waals surface area contributed by atoms with Crippen LogP contribution < -0.4 is 11.2 Å². The number of carbonyl (C=O) groups is 2. The lowest BCUT2D eigenvalue weighted by atomic mass is 10.5. The van der Waals surface area contributed by atoms with Crippen LogP contribution in [0.3, 0.4) is 0 Å². The molecule has 0 aliphatic carbocycles. The first-order valence-electron chi connectivity index (χ1n) is 4.66. The van der Waals surface area contributed by atoms with E-state index in [1.165, 1.54) is 0 Å². The largest absolute Gasteiger partial charge is 0.529 e. The minimum atomic E-state index is -0.955. The van der Waals surface area contributed by atoms with Gasteiger partial charge in [-0.2, -0.15) is 0 Å². The summed E-state index contributed by atoms with van der Waals surface area (Å²) in [6.45, 7) is 6.63. The fourth-order valence-electron chi connectivity index (χ4n) is 0.558. The molecule has 0 saturated heterocycles. The zero-order valence-electron chi connectivity index (χ0n) is 9.60. The average Bonchev–Trinajstić information content (AvgIpc) is 2.10. The van der Waals surface area contributed by atoms with Crippen molar-refractivity contribution in [1.82, 2.24) is 11.2 Å². The fourth-order valence-corrected chi connectivity index (χ4v) is 0.558. The van der Waals surface area contributed by atoms with Gasteiger partial charge in [0.2, 0.25) is 0 Å². The van der Waals surface area contributed by atoms with Gasteiger partial charge < -0.3 is 19.1 Å². The molecule has 0 radical (unpaired) electrons. The van der Waals surface area contributed by atoms with Crippen molar-refractivity contribution in [3.8, 4) is 0 Å². The summed E-state index contributed by atoms with van der Waals surface area (Å²) in [4.78, 5) is 30.0. The van der Waals surface area contributed by atoms with Gasteiger partial charge in [-0.1, -0.05) is 0 Å². The van der Waals surface area contributed by atoms with Crippen LogP contribution in [0.15, 0.2) is 0 Å². The first-order valence-corrected chi connectivity index (χ1v) is 4.66. The molecular formula is C8H16N2O6. The molecule has 0 atom stereocenters. The van der Waals surface area contributed by atoms with Crippen molar-refractivity contribution >= 4 is 12.3 Å².